The van der Waals surface area contributed by atoms with Gasteiger partial charge in [0.1, 0.15) is 6.29 Å². The van der Waals surface area contributed by atoms with E-state index in [-0.39, 0.29) is 0 Å². The van der Waals surface area contributed by atoms with Crippen LogP contribution < -0.4 is 0 Å². The molecule has 0 saturated heterocycles. The Morgan fingerprint density at radius 3 is 2.75 bits per heavy atom. The van der Waals surface area contributed by atoms with Crippen molar-refractivity contribution in [3.63, 3.8) is 0 Å². The molecule has 1 aromatic carbocycles. The average molecular weight is 181 g/mol. The van der Waals surface area contributed by atoms with Crippen LogP contribution in [0.2, 0.25) is 5.02 Å². The summed E-state index contributed by atoms with van der Waals surface area (Å²) in [6.07, 6.45) is 3.23. The van der Waals surface area contributed by atoms with Gasteiger partial charge in [0, 0.05) is 10.6 Å². The van der Waals surface area contributed by atoms with Crippen molar-refractivity contribution in [2.24, 2.45) is 0 Å². The summed E-state index contributed by atoms with van der Waals surface area (Å²) in [5.74, 6) is 0.541. The van der Waals surface area contributed by atoms with Crippen molar-refractivity contribution >= 4 is 17.9 Å². The van der Waals surface area contributed by atoms with E-state index in [1.165, 1.54) is 12.8 Å². The maximum absolute atomic E-state index is 10.7. The molecule has 1 nitrogen and oxygen atoms in total. The SMILES string of the molecule is O=Cc1cccc(Cl)c1C1CC1. The summed E-state index contributed by atoms with van der Waals surface area (Å²) in [7, 11) is 0. The van der Waals surface area contributed by atoms with Gasteiger partial charge in [-0.25, -0.2) is 0 Å². The van der Waals surface area contributed by atoms with Crippen LogP contribution in [0.1, 0.15) is 34.7 Å². The summed E-state index contributed by atoms with van der Waals surface area (Å²) in [5.41, 5.74) is 1.80. The predicted molar refractivity (Wildman–Crippen MR) is 48.8 cm³/mol. The first-order valence-electron chi connectivity index (χ1n) is 4.06. The van der Waals surface area contributed by atoms with Gasteiger partial charge in [-0.1, -0.05) is 23.7 Å². The van der Waals surface area contributed by atoms with Gasteiger partial charge in [-0.3, -0.25) is 4.79 Å². The van der Waals surface area contributed by atoms with Crippen molar-refractivity contribution in [1.29, 1.82) is 0 Å². The molecule has 0 unspecified atom stereocenters. The number of rotatable bonds is 2. The van der Waals surface area contributed by atoms with Gasteiger partial charge in [0.25, 0.3) is 0 Å². The van der Waals surface area contributed by atoms with E-state index in [1.807, 2.05) is 18.2 Å². The summed E-state index contributed by atoms with van der Waals surface area (Å²) in [5, 5.41) is 0.738. The molecule has 0 aromatic heterocycles. The van der Waals surface area contributed by atoms with E-state index in [4.69, 9.17) is 11.6 Å². The lowest BCUT2D eigenvalue weighted by Gasteiger charge is -2.03. The first-order valence-corrected chi connectivity index (χ1v) is 4.44. The fourth-order valence-electron chi connectivity index (χ4n) is 1.46. The quantitative estimate of drug-likeness (QED) is 0.640. The van der Waals surface area contributed by atoms with Crippen molar-refractivity contribution in [3.05, 3.63) is 34.3 Å². The van der Waals surface area contributed by atoms with Gasteiger partial charge < -0.3 is 0 Å². The number of halogens is 1. The van der Waals surface area contributed by atoms with E-state index >= 15 is 0 Å². The molecule has 0 atom stereocenters. The standard InChI is InChI=1S/C10H9ClO/c11-9-3-1-2-8(6-12)10(9)7-4-5-7/h1-3,6-7H,4-5H2. The zero-order valence-electron chi connectivity index (χ0n) is 6.59. The van der Waals surface area contributed by atoms with Gasteiger partial charge in [-0.05, 0) is 30.4 Å². The second kappa shape index (κ2) is 2.91. The third kappa shape index (κ3) is 1.25. The van der Waals surface area contributed by atoms with Crippen LogP contribution in [-0.2, 0) is 0 Å². The minimum atomic E-state index is 0.541. The monoisotopic (exact) mass is 180 g/mol. The highest BCUT2D eigenvalue weighted by molar-refractivity contribution is 6.31. The largest absolute Gasteiger partial charge is 0.298 e. The van der Waals surface area contributed by atoms with E-state index in [9.17, 15) is 4.79 Å². The van der Waals surface area contributed by atoms with Crippen molar-refractivity contribution in [2.75, 3.05) is 0 Å². The molecule has 12 heavy (non-hydrogen) atoms. The lowest BCUT2D eigenvalue weighted by molar-refractivity contribution is 0.112. The Morgan fingerprint density at radius 2 is 2.17 bits per heavy atom. The second-order valence-corrected chi connectivity index (χ2v) is 3.54. The van der Waals surface area contributed by atoms with Gasteiger partial charge in [-0.15, -0.1) is 0 Å². The van der Waals surface area contributed by atoms with Crippen LogP contribution in [0.15, 0.2) is 18.2 Å². The fraction of sp³-hybridized carbons (Fsp3) is 0.300. The Balaban J connectivity index is 2.52. The molecule has 62 valence electrons. The third-order valence-electron chi connectivity index (χ3n) is 2.20. The minimum Gasteiger partial charge on any atom is -0.298 e. The summed E-state index contributed by atoms with van der Waals surface area (Å²) in [4.78, 5) is 10.7. The zero-order chi connectivity index (χ0) is 8.55. The Kier molecular flexibility index (Phi) is 1.89. The van der Waals surface area contributed by atoms with Gasteiger partial charge in [0.15, 0.2) is 0 Å². The lowest BCUT2D eigenvalue weighted by Crippen LogP contribution is -1.90. The van der Waals surface area contributed by atoms with Crippen molar-refractivity contribution in [2.45, 2.75) is 18.8 Å². The summed E-state index contributed by atoms with van der Waals surface area (Å²) in [6, 6.07) is 5.49. The van der Waals surface area contributed by atoms with Crippen LogP contribution in [0.5, 0.6) is 0 Å². The maximum Gasteiger partial charge on any atom is 0.150 e. The summed E-state index contributed by atoms with van der Waals surface area (Å²) < 4.78 is 0. The highest BCUT2D eigenvalue weighted by Gasteiger charge is 2.27. The molecule has 2 rings (SSSR count). The molecular weight excluding hydrogens is 172 g/mol. The number of benzene rings is 1. The van der Waals surface area contributed by atoms with E-state index in [0.717, 1.165) is 22.4 Å². The van der Waals surface area contributed by atoms with Gasteiger partial charge in [0.05, 0.1) is 0 Å². The second-order valence-electron chi connectivity index (χ2n) is 3.13. The Bertz CT molecular complexity index is 316. The summed E-state index contributed by atoms with van der Waals surface area (Å²) in [6.45, 7) is 0. The fourth-order valence-corrected chi connectivity index (χ4v) is 1.80. The molecule has 2 heteroatoms. The number of carbonyl (C=O) groups is 1. The number of aldehydes is 1. The molecule has 0 N–H and O–H groups in total. The van der Waals surface area contributed by atoms with E-state index < -0.39 is 0 Å². The first-order chi connectivity index (χ1) is 5.83. The minimum absolute atomic E-state index is 0.541. The molecule has 1 saturated carbocycles. The highest BCUT2D eigenvalue weighted by atomic mass is 35.5. The molecule has 0 radical (unpaired) electrons. The molecule has 0 spiro atoms. The highest BCUT2D eigenvalue weighted by Crippen LogP contribution is 2.44. The maximum atomic E-state index is 10.7. The molecule has 0 aliphatic heterocycles. The average Bonchev–Trinajstić information content (AvgIpc) is 2.87. The predicted octanol–water partition coefficient (Wildman–Crippen LogP) is 3.03. The molecule has 1 aliphatic rings. The van der Waals surface area contributed by atoms with Crippen molar-refractivity contribution in [3.8, 4) is 0 Å². The topological polar surface area (TPSA) is 17.1 Å². The van der Waals surface area contributed by atoms with E-state index in [1.54, 1.807) is 0 Å². The lowest BCUT2D eigenvalue weighted by atomic mass is 10.0. The first kappa shape index (κ1) is 7.81. The molecule has 1 aromatic rings. The Morgan fingerprint density at radius 1 is 1.42 bits per heavy atom. The number of hydrogen-bond donors (Lipinski definition) is 0. The van der Waals surface area contributed by atoms with Crippen LogP contribution in [0, 0.1) is 0 Å². The third-order valence-corrected chi connectivity index (χ3v) is 2.53. The molecule has 0 amide bonds. The molecule has 1 aliphatic carbocycles. The normalized spacial score (nSPS) is 16.1. The van der Waals surface area contributed by atoms with Gasteiger partial charge >= 0.3 is 0 Å². The van der Waals surface area contributed by atoms with Crippen LogP contribution in [0.3, 0.4) is 0 Å². The van der Waals surface area contributed by atoms with Crippen molar-refractivity contribution in [1.82, 2.24) is 0 Å². The van der Waals surface area contributed by atoms with Crippen molar-refractivity contribution < 1.29 is 4.79 Å². The molecular formula is C10H9ClO. The number of carbonyl (C=O) groups excluding carboxylic acids is 1. The summed E-state index contributed by atoms with van der Waals surface area (Å²) >= 11 is 5.98. The van der Waals surface area contributed by atoms with Crippen LogP contribution in [0.25, 0.3) is 0 Å². The van der Waals surface area contributed by atoms with Crippen LogP contribution in [-0.4, -0.2) is 6.29 Å². The number of hydrogen-bond acceptors (Lipinski definition) is 1. The Labute approximate surface area is 76.4 Å². The smallest absolute Gasteiger partial charge is 0.150 e. The van der Waals surface area contributed by atoms with Gasteiger partial charge in [-0.2, -0.15) is 0 Å². The molecule has 0 bridgehead atoms. The van der Waals surface area contributed by atoms with E-state index in [2.05, 4.69) is 0 Å². The van der Waals surface area contributed by atoms with Crippen LogP contribution in [0.4, 0.5) is 0 Å². The zero-order valence-corrected chi connectivity index (χ0v) is 7.34. The van der Waals surface area contributed by atoms with E-state index in [0.29, 0.717) is 5.92 Å². The Hall–Kier alpha value is -0.820. The van der Waals surface area contributed by atoms with Crippen LogP contribution >= 0.6 is 11.6 Å². The van der Waals surface area contributed by atoms with Gasteiger partial charge in [0.2, 0.25) is 0 Å². The molecule has 0 heterocycles. The molecule has 1 fully saturated rings.